The Morgan fingerprint density at radius 2 is 2.62 bits per heavy atom. The van der Waals surface area contributed by atoms with E-state index in [1.807, 2.05) is 11.8 Å². The molecule has 1 atom stereocenters. The molecule has 1 unspecified atom stereocenters. The number of nitrogens with one attached hydrogen (secondary N) is 2. The summed E-state index contributed by atoms with van der Waals surface area (Å²) in [5.41, 5.74) is 0.452. The Kier molecular flexibility index (Phi) is 3.57. The zero-order chi connectivity index (χ0) is 11.4. The lowest BCUT2D eigenvalue weighted by Gasteiger charge is -2.09. The van der Waals surface area contributed by atoms with Crippen LogP contribution in [-0.4, -0.2) is 35.4 Å². The van der Waals surface area contributed by atoms with Crippen molar-refractivity contribution >= 4 is 17.6 Å². The lowest BCUT2D eigenvalue weighted by molar-refractivity contribution is 0.396. The molecule has 0 bridgehead atoms. The highest BCUT2D eigenvalue weighted by Crippen LogP contribution is 2.25. The van der Waals surface area contributed by atoms with E-state index in [0.29, 0.717) is 23.2 Å². The maximum absolute atomic E-state index is 8.98. The zero-order valence-corrected chi connectivity index (χ0v) is 9.93. The number of anilines is 1. The van der Waals surface area contributed by atoms with Crippen LogP contribution in [0.1, 0.15) is 12.0 Å². The van der Waals surface area contributed by atoms with E-state index in [4.69, 9.17) is 10.00 Å². The standard InChI is InChI=1S/C10H14N4OS/c1-15-10-8(4-11)9(13-14-10)12-5-7-2-3-16-6-7/h7H,2-3,5-6H2,1H3,(H2,12,13,14). The molecule has 0 spiro atoms. The fraction of sp³-hybridized carbons (Fsp3) is 0.600. The van der Waals surface area contributed by atoms with Crippen LogP contribution in [0.5, 0.6) is 5.88 Å². The van der Waals surface area contributed by atoms with Gasteiger partial charge in [-0.05, 0) is 23.8 Å². The van der Waals surface area contributed by atoms with Gasteiger partial charge in [-0.25, -0.2) is 0 Å². The summed E-state index contributed by atoms with van der Waals surface area (Å²) in [7, 11) is 1.51. The first-order valence-corrected chi connectivity index (χ1v) is 6.34. The minimum atomic E-state index is 0.353. The molecule has 6 heteroatoms. The molecule has 0 radical (unpaired) electrons. The van der Waals surface area contributed by atoms with Crippen LogP contribution in [0.25, 0.3) is 0 Å². The van der Waals surface area contributed by atoms with Crippen molar-refractivity contribution in [3.8, 4) is 11.9 Å². The molecule has 16 heavy (non-hydrogen) atoms. The van der Waals surface area contributed by atoms with Gasteiger partial charge in [0, 0.05) is 6.54 Å². The third-order valence-electron chi connectivity index (χ3n) is 2.63. The van der Waals surface area contributed by atoms with E-state index in [2.05, 4.69) is 21.6 Å². The Bertz CT molecular complexity index is 392. The van der Waals surface area contributed by atoms with Crippen LogP contribution in [-0.2, 0) is 0 Å². The SMILES string of the molecule is COc1n[nH]c(NCC2CCSC2)c1C#N. The summed E-state index contributed by atoms with van der Waals surface area (Å²) in [5.74, 6) is 4.14. The maximum atomic E-state index is 8.98. The predicted molar refractivity (Wildman–Crippen MR) is 63.8 cm³/mol. The smallest absolute Gasteiger partial charge is 0.252 e. The van der Waals surface area contributed by atoms with Crippen LogP contribution in [0.4, 0.5) is 5.82 Å². The average Bonchev–Trinajstić information content (AvgIpc) is 2.94. The molecule has 1 aromatic heterocycles. The first-order valence-electron chi connectivity index (χ1n) is 5.19. The number of aromatic amines is 1. The number of hydrogen-bond acceptors (Lipinski definition) is 5. The second-order valence-electron chi connectivity index (χ2n) is 3.71. The third kappa shape index (κ3) is 2.25. The highest BCUT2D eigenvalue weighted by molar-refractivity contribution is 7.99. The molecule has 2 heterocycles. The van der Waals surface area contributed by atoms with Crippen molar-refractivity contribution < 1.29 is 4.74 Å². The van der Waals surface area contributed by atoms with Crippen molar-refractivity contribution in [1.29, 1.82) is 5.26 Å². The molecule has 2 N–H and O–H groups in total. The molecule has 0 aliphatic carbocycles. The van der Waals surface area contributed by atoms with Gasteiger partial charge in [0.1, 0.15) is 11.9 Å². The van der Waals surface area contributed by atoms with Crippen LogP contribution in [0.15, 0.2) is 0 Å². The first-order chi connectivity index (χ1) is 7.85. The number of ether oxygens (including phenoxy) is 1. The van der Waals surface area contributed by atoms with Crippen molar-refractivity contribution in [2.45, 2.75) is 6.42 Å². The number of methoxy groups -OCH3 is 1. The summed E-state index contributed by atoms with van der Waals surface area (Å²) in [6, 6.07) is 2.08. The van der Waals surface area contributed by atoms with Gasteiger partial charge in [-0.3, -0.25) is 5.10 Å². The molecule has 1 aromatic rings. The molecule has 1 aliphatic heterocycles. The summed E-state index contributed by atoms with van der Waals surface area (Å²) in [5, 5.41) is 18.9. The van der Waals surface area contributed by atoms with Gasteiger partial charge in [0.05, 0.1) is 7.11 Å². The fourth-order valence-electron chi connectivity index (χ4n) is 1.70. The lowest BCUT2D eigenvalue weighted by atomic mass is 10.1. The summed E-state index contributed by atoms with van der Waals surface area (Å²) in [4.78, 5) is 0. The molecule has 0 aromatic carbocycles. The number of H-pyrrole nitrogens is 1. The molecule has 0 amide bonds. The van der Waals surface area contributed by atoms with Crippen molar-refractivity contribution in [2.75, 3.05) is 30.5 Å². The molecule has 2 rings (SSSR count). The van der Waals surface area contributed by atoms with E-state index in [1.165, 1.54) is 25.0 Å². The zero-order valence-electron chi connectivity index (χ0n) is 9.12. The highest BCUT2D eigenvalue weighted by atomic mass is 32.2. The molecule has 86 valence electrons. The number of nitrogens with zero attached hydrogens (tertiary/aromatic N) is 2. The van der Waals surface area contributed by atoms with Crippen LogP contribution < -0.4 is 10.1 Å². The molecule has 1 saturated heterocycles. The second-order valence-corrected chi connectivity index (χ2v) is 4.86. The third-order valence-corrected chi connectivity index (χ3v) is 3.86. The highest BCUT2D eigenvalue weighted by Gasteiger charge is 2.18. The maximum Gasteiger partial charge on any atom is 0.252 e. The topological polar surface area (TPSA) is 73.7 Å². The molecule has 1 fully saturated rings. The van der Waals surface area contributed by atoms with Crippen molar-refractivity contribution in [2.24, 2.45) is 5.92 Å². The van der Waals surface area contributed by atoms with Gasteiger partial charge in [0.2, 0.25) is 0 Å². The van der Waals surface area contributed by atoms with Crippen molar-refractivity contribution in [1.82, 2.24) is 10.2 Å². The lowest BCUT2D eigenvalue weighted by Crippen LogP contribution is -2.14. The Morgan fingerprint density at radius 3 is 3.25 bits per heavy atom. The van der Waals surface area contributed by atoms with Gasteiger partial charge in [0.15, 0.2) is 5.56 Å². The Labute approximate surface area is 98.6 Å². The van der Waals surface area contributed by atoms with Crippen LogP contribution in [0.3, 0.4) is 0 Å². The summed E-state index contributed by atoms with van der Waals surface area (Å²) in [6.07, 6.45) is 1.24. The second kappa shape index (κ2) is 5.12. The quantitative estimate of drug-likeness (QED) is 0.830. The molecule has 5 nitrogen and oxygen atoms in total. The van der Waals surface area contributed by atoms with Gasteiger partial charge in [-0.2, -0.15) is 17.0 Å². The van der Waals surface area contributed by atoms with Gasteiger partial charge >= 0.3 is 0 Å². The Hall–Kier alpha value is -1.35. The molecular formula is C10H14N4OS. The van der Waals surface area contributed by atoms with E-state index < -0.39 is 0 Å². The number of rotatable bonds is 4. The van der Waals surface area contributed by atoms with Gasteiger partial charge in [-0.1, -0.05) is 0 Å². The molecule has 1 aliphatic rings. The number of thioether (sulfide) groups is 1. The summed E-state index contributed by atoms with van der Waals surface area (Å²) in [6.45, 7) is 0.882. The Morgan fingerprint density at radius 1 is 1.75 bits per heavy atom. The largest absolute Gasteiger partial charge is 0.479 e. The van der Waals surface area contributed by atoms with E-state index >= 15 is 0 Å². The van der Waals surface area contributed by atoms with Gasteiger partial charge < -0.3 is 10.1 Å². The summed E-state index contributed by atoms with van der Waals surface area (Å²) >= 11 is 1.98. The van der Waals surface area contributed by atoms with E-state index in [1.54, 1.807) is 0 Å². The van der Waals surface area contributed by atoms with Crippen LogP contribution in [0, 0.1) is 17.2 Å². The van der Waals surface area contributed by atoms with Gasteiger partial charge in [-0.15, -0.1) is 5.10 Å². The Balaban J connectivity index is 1.98. The van der Waals surface area contributed by atoms with Gasteiger partial charge in [0.25, 0.3) is 5.88 Å². The number of aromatic nitrogens is 2. The number of nitriles is 1. The van der Waals surface area contributed by atoms with E-state index in [0.717, 1.165) is 6.54 Å². The average molecular weight is 238 g/mol. The van der Waals surface area contributed by atoms with Crippen LogP contribution >= 0.6 is 11.8 Å². The molecule has 0 saturated carbocycles. The summed E-state index contributed by atoms with van der Waals surface area (Å²) < 4.78 is 4.98. The van der Waals surface area contributed by atoms with Crippen LogP contribution in [0.2, 0.25) is 0 Å². The van der Waals surface area contributed by atoms with E-state index in [9.17, 15) is 0 Å². The normalized spacial score (nSPS) is 19.4. The fourth-order valence-corrected chi connectivity index (χ4v) is 2.98. The van der Waals surface area contributed by atoms with Crippen molar-refractivity contribution in [3.63, 3.8) is 0 Å². The molecular weight excluding hydrogens is 224 g/mol. The minimum absolute atomic E-state index is 0.353. The minimum Gasteiger partial charge on any atom is -0.479 e. The monoisotopic (exact) mass is 238 g/mol. The predicted octanol–water partition coefficient (Wildman–Crippen LogP) is 1.45. The first kappa shape index (κ1) is 11.1. The number of hydrogen-bond donors (Lipinski definition) is 2. The van der Waals surface area contributed by atoms with E-state index in [-0.39, 0.29) is 0 Å². The van der Waals surface area contributed by atoms with Crippen molar-refractivity contribution in [3.05, 3.63) is 5.56 Å².